The number of rotatable bonds is 9. The average molecular weight is 548 g/mol. The lowest BCUT2D eigenvalue weighted by Gasteiger charge is -2.29. The first-order chi connectivity index (χ1) is 17.2. The lowest BCUT2D eigenvalue weighted by atomic mass is 10.1. The van der Waals surface area contributed by atoms with Gasteiger partial charge in [-0.15, -0.1) is 0 Å². The Hall–Kier alpha value is -2.81. The molecule has 4 rings (SSSR count). The standard InChI is InChI=1S/C26H27Cl2N3O4S/c1-3-29-26(33)17(2)30(16-19-20(27)10-6-11-21(19)28)24(32)14-7-15-31-22-12-4-8-18-9-5-13-23(25(18)22)36(31,34)35/h4-6,8-13,17H,3,7,14-16H2,1-2H3,(H,29,33)/t17-/m0/s1. The van der Waals surface area contributed by atoms with Crippen molar-refractivity contribution in [2.75, 3.05) is 17.4 Å². The van der Waals surface area contributed by atoms with Gasteiger partial charge in [-0.3, -0.25) is 13.9 Å². The van der Waals surface area contributed by atoms with Crippen molar-refractivity contribution in [2.24, 2.45) is 0 Å². The van der Waals surface area contributed by atoms with Crippen LogP contribution in [0.15, 0.2) is 59.5 Å². The molecule has 3 aromatic rings. The molecule has 0 saturated carbocycles. The molecule has 3 aromatic carbocycles. The van der Waals surface area contributed by atoms with Crippen LogP contribution in [0.3, 0.4) is 0 Å². The van der Waals surface area contributed by atoms with E-state index < -0.39 is 16.1 Å². The number of halogens is 2. The molecule has 10 heteroatoms. The Morgan fingerprint density at radius 2 is 1.67 bits per heavy atom. The van der Waals surface area contributed by atoms with Gasteiger partial charge >= 0.3 is 0 Å². The van der Waals surface area contributed by atoms with Gasteiger partial charge in [0.2, 0.25) is 11.8 Å². The SMILES string of the molecule is CCNC(=O)[C@H](C)N(Cc1c(Cl)cccc1Cl)C(=O)CCCN1c2cccc3cccc(c23)S1(=O)=O. The van der Waals surface area contributed by atoms with Gasteiger partial charge in [-0.1, -0.05) is 53.5 Å². The van der Waals surface area contributed by atoms with E-state index in [1.165, 1.54) is 9.21 Å². The number of hydrogen-bond acceptors (Lipinski definition) is 4. The predicted octanol–water partition coefficient (Wildman–Crippen LogP) is 4.99. The van der Waals surface area contributed by atoms with E-state index in [9.17, 15) is 18.0 Å². The summed E-state index contributed by atoms with van der Waals surface area (Å²) in [5, 5.41) is 5.10. The first kappa shape index (κ1) is 26.3. The van der Waals surface area contributed by atoms with Crippen LogP contribution in [0.1, 0.15) is 32.3 Å². The average Bonchev–Trinajstić information content (AvgIpc) is 3.06. The second kappa shape index (κ2) is 10.7. The molecule has 1 aliphatic rings. The molecule has 1 N–H and O–H groups in total. The van der Waals surface area contributed by atoms with E-state index in [0.717, 1.165) is 5.39 Å². The quantitative estimate of drug-likeness (QED) is 0.408. The number of anilines is 1. The van der Waals surface area contributed by atoms with E-state index in [-0.39, 0.29) is 42.6 Å². The fourth-order valence-electron chi connectivity index (χ4n) is 4.47. The molecule has 0 unspecified atom stereocenters. The fourth-order valence-corrected chi connectivity index (χ4v) is 6.74. The second-order valence-corrected chi connectivity index (χ2v) is 11.2. The summed E-state index contributed by atoms with van der Waals surface area (Å²) < 4.78 is 27.8. The lowest BCUT2D eigenvalue weighted by Crippen LogP contribution is -2.47. The molecule has 2 amide bonds. The third-order valence-corrected chi connectivity index (χ3v) is 8.91. The number of likely N-dealkylation sites (N-methyl/N-ethyl adjacent to an activating group) is 1. The van der Waals surface area contributed by atoms with Crippen molar-refractivity contribution in [3.8, 4) is 0 Å². The highest BCUT2D eigenvalue weighted by molar-refractivity contribution is 7.93. The first-order valence-corrected chi connectivity index (χ1v) is 13.9. The van der Waals surface area contributed by atoms with Crippen LogP contribution in [0.2, 0.25) is 10.0 Å². The number of amides is 2. The molecule has 0 aliphatic carbocycles. The summed E-state index contributed by atoms with van der Waals surface area (Å²) in [7, 11) is -3.70. The maximum Gasteiger partial charge on any atom is 0.265 e. The summed E-state index contributed by atoms with van der Waals surface area (Å²) in [6.45, 7) is 4.07. The maximum atomic E-state index is 13.4. The normalized spacial score (nSPS) is 14.6. The monoisotopic (exact) mass is 547 g/mol. The first-order valence-electron chi connectivity index (χ1n) is 11.7. The Morgan fingerprint density at radius 3 is 2.33 bits per heavy atom. The van der Waals surface area contributed by atoms with E-state index >= 15 is 0 Å². The van der Waals surface area contributed by atoms with Crippen LogP contribution in [0.25, 0.3) is 10.8 Å². The van der Waals surface area contributed by atoms with E-state index in [1.54, 1.807) is 50.2 Å². The second-order valence-electron chi connectivity index (χ2n) is 8.60. The van der Waals surface area contributed by atoms with E-state index in [2.05, 4.69) is 5.32 Å². The van der Waals surface area contributed by atoms with Gasteiger partial charge in [0.05, 0.1) is 10.6 Å². The topological polar surface area (TPSA) is 86.8 Å². The Kier molecular flexibility index (Phi) is 7.78. The molecule has 0 bridgehead atoms. The molecule has 36 heavy (non-hydrogen) atoms. The minimum atomic E-state index is -3.70. The van der Waals surface area contributed by atoms with Gasteiger partial charge in [0.25, 0.3) is 10.0 Å². The third kappa shape index (κ3) is 4.90. The van der Waals surface area contributed by atoms with Crippen LogP contribution in [-0.4, -0.2) is 44.3 Å². The molecule has 0 radical (unpaired) electrons. The number of benzene rings is 3. The van der Waals surface area contributed by atoms with Gasteiger partial charge in [0.1, 0.15) is 6.04 Å². The summed E-state index contributed by atoms with van der Waals surface area (Å²) in [5.74, 6) is -0.588. The zero-order valence-electron chi connectivity index (χ0n) is 20.0. The minimum absolute atomic E-state index is 0.0458. The van der Waals surface area contributed by atoms with Gasteiger partial charge in [-0.25, -0.2) is 8.42 Å². The van der Waals surface area contributed by atoms with Gasteiger partial charge in [0.15, 0.2) is 0 Å². The molecular weight excluding hydrogens is 521 g/mol. The van der Waals surface area contributed by atoms with Crippen LogP contribution in [0.5, 0.6) is 0 Å². The molecule has 0 saturated heterocycles. The van der Waals surface area contributed by atoms with Gasteiger partial charge in [-0.05, 0) is 49.9 Å². The Balaban J connectivity index is 1.52. The molecule has 1 aliphatic heterocycles. The summed E-state index contributed by atoms with van der Waals surface area (Å²) in [6.07, 6.45) is 0.321. The van der Waals surface area contributed by atoms with Crippen LogP contribution in [0, 0.1) is 0 Å². The van der Waals surface area contributed by atoms with Crippen LogP contribution in [-0.2, 0) is 26.2 Å². The number of sulfonamides is 1. The number of carbonyl (C=O) groups is 2. The van der Waals surface area contributed by atoms with Crippen molar-refractivity contribution in [2.45, 2.75) is 44.2 Å². The molecular formula is C26H27Cl2N3O4S. The maximum absolute atomic E-state index is 13.4. The van der Waals surface area contributed by atoms with Crippen molar-refractivity contribution in [1.29, 1.82) is 0 Å². The summed E-state index contributed by atoms with van der Waals surface area (Å²) in [5.41, 5.74) is 1.17. The summed E-state index contributed by atoms with van der Waals surface area (Å²) >= 11 is 12.7. The van der Waals surface area contributed by atoms with Crippen molar-refractivity contribution in [3.63, 3.8) is 0 Å². The van der Waals surface area contributed by atoms with Crippen molar-refractivity contribution < 1.29 is 18.0 Å². The van der Waals surface area contributed by atoms with Gasteiger partial charge in [-0.2, -0.15) is 0 Å². The van der Waals surface area contributed by atoms with Gasteiger partial charge < -0.3 is 10.2 Å². The van der Waals surface area contributed by atoms with E-state index in [4.69, 9.17) is 23.2 Å². The Bertz CT molecular complexity index is 1400. The summed E-state index contributed by atoms with van der Waals surface area (Å²) in [6, 6.07) is 15.0. The number of nitrogens with zero attached hydrogens (tertiary/aromatic N) is 2. The van der Waals surface area contributed by atoms with Gasteiger partial charge in [0, 0.05) is 47.1 Å². The van der Waals surface area contributed by atoms with E-state index in [0.29, 0.717) is 33.2 Å². The predicted molar refractivity (Wildman–Crippen MR) is 143 cm³/mol. The van der Waals surface area contributed by atoms with Crippen LogP contribution >= 0.6 is 23.2 Å². The molecule has 1 atom stereocenters. The molecule has 0 fully saturated rings. The minimum Gasteiger partial charge on any atom is -0.355 e. The Morgan fingerprint density at radius 1 is 1.03 bits per heavy atom. The molecule has 7 nitrogen and oxygen atoms in total. The molecule has 0 aromatic heterocycles. The number of hydrogen-bond donors (Lipinski definition) is 1. The molecule has 190 valence electrons. The highest BCUT2D eigenvalue weighted by Gasteiger charge is 2.35. The highest BCUT2D eigenvalue weighted by atomic mass is 35.5. The zero-order valence-corrected chi connectivity index (χ0v) is 22.3. The van der Waals surface area contributed by atoms with Crippen molar-refractivity contribution in [3.05, 3.63) is 70.2 Å². The van der Waals surface area contributed by atoms with Crippen molar-refractivity contribution in [1.82, 2.24) is 10.2 Å². The smallest absolute Gasteiger partial charge is 0.265 e. The number of nitrogens with one attached hydrogen (secondary N) is 1. The van der Waals surface area contributed by atoms with Crippen LogP contribution < -0.4 is 9.62 Å². The number of carbonyl (C=O) groups excluding carboxylic acids is 2. The lowest BCUT2D eigenvalue weighted by molar-refractivity contribution is -0.140. The zero-order chi connectivity index (χ0) is 26.0. The third-order valence-electron chi connectivity index (χ3n) is 6.34. The van der Waals surface area contributed by atoms with E-state index in [1.807, 2.05) is 18.2 Å². The molecule has 1 heterocycles. The van der Waals surface area contributed by atoms with Crippen LogP contribution in [0.4, 0.5) is 5.69 Å². The van der Waals surface area contributed by atoms with Crippen molar-refractivity contribution >= 4 is 61.5 Å². The fraction of sp³-hybridized carbons (Fsp3) is 0.308. The molecule has 0 spiro atoms. The Labute approximate surface area is 221 Å². The largest absolute Gasteiger partial charge is 0.355 e. The highest BCUT2D eigenvalue weighted by Crippen LogP contribution is 2.42. The summed E-state index contributed by atoms with van der Waals surface area (Å²) in [4.78, 5) is 27.7.